The van der Waals surface area contributed by atoms with Gasteiger partial charge in [-0.25, -0.2) is 4.79 Å². The SMILES string of the molecule is C=C(CC)S/C(C(=O)C(NC(=O)NC(C(=O)N1CCCC1C(=O)NC(CC(C)CC)C(=O)C(N)=O)C(C)(C)C)C(C)C)=C(\C)CC. The van der Waals surface area contributed by atoms with E-state index < -0.39 is 59.1 Å². The van der Waals surface area contributed by atoms with E-state index in [9.17, 15) is 28.8 Å². The molecular weight excluding hydrogens is 606 g/mol. The standard InChI is InChI=1S/C34H57N5O6S/c1-12-20(6)18-23(26(40)30(35)42)36-31(43)24-16-15-17-39(24)32(44)29(34(9,10)11)38-33(45)37-25(19(4)5)27(41)28(21(7)13-2)46-22(8)14-3/h19-20,23-25,29H,8,12-18H2,1-7,9-11H3,(H2,35,42)(H,36,43)(H2,37,38,45)/b28-21+. The van der Waals surface area contributed by atoms with Gasteiger partial charge in [0.25, 0.3) is 5.91 Å². The quantitative estimate of drug-likeness (QED) is 0.130. The average Bonchev–Trinajstić information content (AvgIpc) is 3.48. The molecule has 1 saturated heterocycles. The zero-order valence-corrected chi connectivity index (χ0v) is 30.3. The van der Waals surface area contributed by atoms with E-state index in [-0.39, 0.29) is 30.6 Å². The van der Waals surface area contributed by atoms with Crippen LogP contribution in [0.1, 0.15) is 108 Å². The van der Waals surface area contributed by atoms with Crippen molar-refractivity contribution in [3.8, 4) is 0 Å². The Bertz CT molecular complexity index is 1190. The lowest BCUT2D eigenvalue weighted by atomic mass is 9.85. The summed E-state index contributed by atoms with van der Waals surface area (Å²) in [5.74, 6) is -3.42. The number of urea groups is 1. The number of carbonyl (C=O) groups excluding carboxylic acids is 6. The summed E-state index contributed by atoms with van der Waals surface area (Å²) in [4.78, 5) is 81.7. The maximum atomic E-state index is 14.0. The van der Waals surface area contributed by atoms with Crippen molar-refractivity contribution in [3.05, 3.63) is 22.0 Å². The fourth-order valence-corrected chi connectivity index (χ4v) is 6.05. The first kappa shape index (κ1) is 40.9. The number of Topliss-reactive ketones (excluding diaryl/α,β-unsaturated/α-hetero) is 2. The third-order valence-corrected chi connectivity index (χ3v) is 9.79. The molecule has 0 radical (unpaired) electrons. The zero-order chi connectivity index (χ0) is 35.5. The van der Waals surface area contributed by atoms with Crippen LogP contribution in [0.3, 0.4) is 0 Å². The van der Waals surface area contributed by atoms with Gasteiger partial charge in [0, 0.05) is 6.54 Å². The van der Waals surface area contributed by atoms with Crippen LogP contribution in [0.2, 0.25) is 0 Å². The number of amides is 5. The molecule has 5 atom stereocenters. The molecule has 0 bridgehead atoms. The second-order valence-corrected chi connectivity index (χ2v) is 14.9. The van der Waals surface area contributed by atoms with Crippen LogP contribution in [0.4, 0.5) is 4.79 Å². The molecule has 5 N–H and O–H groups in total. The van der Waals surface area contributed by atoms with E-state index >= 15 is 0 Å². The molecular formula is C34H57N5O6S. The summed E-state index contributed by atoms with van der Waals surface area (Å²) >= 11 is 1.33. The van der Waals surface area contributed by atoms with Crippen molar-refractivity contribution in [1.29, 1.82) is 0 Å². The topological polar surface area (TPSA) is 168 Å². The minimum Gasteiger partial charge on any atom is -0.363 e. The molecule has 5 unspecified atom stereocenters. The number of nitrogens with one attached hydrogen (secondary N) is 3. The minimum absolute atomic E-state index is 0.0472. The van der Waals surface area contributed by atoms with Gasteiger partial charge in [0.1, 0.15) is 12.1 Å². The van der Waals surface area contributed by atoms with Crippen LogP contribution in [0.25, 0.3) is 0 Å². The Kier molecular flexibility index (Phi) is 16.2. The van der Waals surface area contributed by atoms with E-state index in [4.69, 9.17) is 5.73 Å². The van der Waals surface area contributed by atoms with Gasteiger partial charge in [0.15, 0.2) is 5.78 Å². The van der Waals surface area contributed by atoms with Crippen molar-refractivity contribution in [2.24, 2.45) is 23.0 Å². The number of nitrogens with zero attached hydrogens (tertiary/aromatic N) is 1. The lowest BCUT2D eigenvalue weighted by Gasteiger charge is -2.36. The van der Waals surface area contributed by atoms with Crippen LogP contribution >= 0.6 is 11.8 Å². The molecule has 5 amide bonds. The van der Waals surface area contributed by atoms with Crippen LogP contribution in [0.15, 0.2) is 22.0 Å². The molecule has 0 aromatic rings. The zero-order valence-electron chi connectivity index (χ0n) is 29.5. The van der Waals surface area contributed by atoms with Gasteiger partial charge in [0.2, 0.25) is 17.6 Å². The van der Waals surface area contributed by atoms with Gasteiger partial charge < -0.3 is 26.6 Å². The molecule has 1 rings (SSSR count). The maximum Gasteiger partial charge on any atom is 0.316 e. The second-order valence-electron chi connectivity index (χ2n) is 13.7. The van der Waals surface area contributed by atoms with Gasteiger partial charge in [-0.05, 0) is 61.2 Å². The molecule has 11 nitrogen and oxygen atoms in total. The van der Waals surface area contributed by atoms with Gasteiger partial charge in [-0.2, -0.15) is 0 Å². The first-order valence-electron chi connectivity index (χ1n) is 16.4. The summed E-state index contributed by atoms with van der Waals surface area (Å²) in [6.07, 6.45) is 3.25. The number of thioether (sulfide) groups is 1. The molecule has 0 spiro atoms. The third kappa shape index (κ3) is 11.6. The normalized spacial score (nSPS) is 18.2. The first-order valence-corrected chi connectivity index (χ1v) is 17.2. The number of rotatable bonds is 17. The number of carbonyl (C=O) groups is 6. The Morgan fingerprint density at radius 2 is 1.57 bits per heavy atom. The van der Waals surface area contributed by atoms with Crippen molar-refractivity contribution in [2.45, 2.75) is 132 Å². The van der Waals surface area contributed by atoms with E-state index in [1.165, 1.54) is 16.7 Å². The lowest BCUT2D eigenvalue weighted by molar-refractivity contribution is -0.143. The predicted molar refractivity (Wildman–Crippen MR) is 183 cm³/mol. The van der Waals surface area contributed by atoms with Crippen LogP contribution in [0, 0.1) is 17.3 Å². The number of allylic oxidation sites excluding steroid dienone is 2. The van der Waals surface area contributed by atoms with Gasteiger partial charge in [-0.3, -0.25) is 24.0 Å². The Morgan fingerprint density at radius 1 is 0.957 bits per heavy atom. The number of nitrogens with two attached hydrogens (primary N) is 1. The van der Waals surface area contributed by atoms with E-state index in [0.717, 1.165) is 16.9 Å². The van der Waals surface area contributed by atoms with Crippen molar-refractivity contribution in [2.75, 3.05) is 6.54 Å². The van der Waals surface area contributed by atoms with E-state index in [0.29, 0.717) is 30.6 Å². The van der Waals surface area contributed by atoms with Crippen molar-refractivity contribution in [1.82, 2.24) is 20.9 Å². The number of primary amides is 1. The molecule has 1 heterocycles. The lowest BCUT2D eigenvalue weighted by Crippen LogP contribution is -2.61. The van der Waals surface area contributed by atoms with Crippen LogP contribution in [-0.2, 0) is 24.0 Å². The van der Waals surface area contributed by atoms with Gasteiger partial charge >= 0.3 is 6.03 Å². The summed E-state index contributed by atoms with van der Waals surface area (Å²) in [5, 5.41) is 8.28. The predicted octanol–water partition coefficient (Wildman–Crippen LogP) is 4.60. The highest BCUT2D eigenvalue weighted by Gasteiger charge is 2.43. The first-order chi connectivity index (χ1) is 21.3. The summed E-state index contributed by atoms with van der Waals surface area (Å²) in [6, 6.07) is -4.53. The van der Waals surface area contributed by atoms with Gasteiger partial charge in [0.05, 0.1) is 17.0 Å². The Hall–Kier alpha value is -3.15. The Labute approximate surface area is 279 Å². The molecule has 1 fully saturated rings. The van der Waals surface area contributed by atoms with Crippen LogP contribution in [0.5, 0.6) is 0 Å². The van der Waals surface area contributed by atoms with E-state index in [1.54, 1.807) is 20.8 Å². The minimum atomic E-state index is -1.13. The highest BCUT2D eigenvalue weighted by atomic mass is 32.2. The van der Waals surface area contributed by atoms with E-state index in [1.807, 2.05) is 48.5 Å². The fraction of sp³-hybridized carbons (Fsp3) is 0.706. The highest BCUT2D eigenvalue weighted by molar-refractivity contribution is 8.07. The van der Waals surface area contributed by atoms with Gasteiger partial charge in [-0.1, -0.05) is 92.6 Å². The molecule has 0 aliphatic carbocycles. The molecule has 0 aromatic heterocycles. The third-order valence-electron chi connectivity index (χ3n) is 8.46. The smallest absolute Gasteiger partial charge is 0.316 e. The molecule has 0 saturated carbocycles. The highest BCUT2D eigenvalue weighted by Crippen LogP contribution is 2.32. The molecule has 46 heavy (non-hydrogen) atoms. The molecule has 1 aliphatic heterocycles. The number of hydrogen-bond acceptors (Lipinski definition) is 7. The molecule has 260 valence electrons. The van der Waals surface area contributed by atoms with Crippen molar-refractivity contribution >= 4 is 47.1 Å². The Morgan fingerprint density at radius 3 is 2.04 bits per heavy atom. The summed E-state index contributed by atoms with van der Waals surface area (Å²) in [6.45, 7) is 23.1. The fourth-order valence-electron chi connectivity index (χ4n) is 5.07. The van der Waals surface area contributed by atoms with Crippen LogP contribution < -0.4 is 21.7 Å². The number of likely N-dealkylation sites (tertiary alicyclic amines) is 1. The average molecular weight is 664 g/mol. The second kappa shape index (κ2) is 18.3. The number of ketones is 2. The van der Waals surface area contributed by atoms with Crippen LogP contribution in [-0.4, -0.2) is 70.9 Å². The Balaban J connectivity index is 3.25. The maximum absolute atomic E-state index is 14.0. The van der Waals surface area contributed by atoms with Gasteiger partial charge in [-0.15, -0.1) is 0 Å². The summed E-state index contributed by atoms with van der Waals surface area (Å²) in [5.41, 5.74) is 5.40. The summed E-state index contributed by atoms with van der Waals surface area (Å²) in [7, 11) is 0. The molecule has 1 aliphatic rings. The largest absolute Gasteiger partial charge is 0.363 e. The summed E-state index contributed by atoms with van der Waals surface area (Å²) < 4.78 is 0. The molecule has 0 aromatic carbocycles. The van der Waals surface area contributed by atoms with Crippen molar-refractivity contribution in [3.63, 3.8) is 0 Å². The van der Waals surface area contributed by atoms with E-state index in [2.05, 4.69) is 22.5 Å². The van der Waals surface area contributed by atoms with Crippen molar-refractivity contribution < 1.29 is 28.8 Å². The number of hydrogen-bond donors (Lipinski definition) is 4. The molecule has 12 heteroatoms. The monoisotopic (exact) mass is 663 g/mol.